The van der Waals surface area contributed by atoms with Crippen LogP contribution < -0.4 is 10.1 Å². The number of rotatable bonds is 8. The third-order valence-corrected chi connectivity index (χ3v) is 5.65. The topological polar surface area (TPSA) is 93.1 Å². The van der Waals surface area contributed by atoms with Gasteiger partial charge in [-0.05, 0) is 31.2 Å². The zero-order valence-electron chi connectivity index (χ0n) is 16.1. The molecule has 7 nitrogen and oxygen atoms in total. The van der Waals surface area contributed by atoms with Crippen molar-refractivity contribution in [2.75, 3.05) is 11.9 Å². The number of hydrogen-bond acceptors (Lipinski definition) is 9. The standard InChI is InChI=1S/C21H19N5O2S2/c1-14-17(8-5-10-22-14)28-18-12-16(29-15-6-3-2-4-7-15)13-23-20(18)25-21-24-19(9-11-27)26-30-21/h2-8,10,12-13,27H,9,11H2,1H3,(H,23,24,25,26). The van der Waals surface area contributed by atoms with E-state index in [1.165, 1.54) is 11.5 Å². The molecule has 3 aromatic heterocycles. The van der Waals surface area contributed by atoms with E-state index >= 15 is 0 Å². The Hall–Kier alpha value is -3.01. The van der Waals surface area contributed by atoms with Crippen LogP contribution in [0.1, 0.15) is 11.5 Å². The molecule has 4 aromatic rings. The van der Waals surface area contributed by atoms with Crippen LogP contribution in [0.25, 0.3) is 0 Å². The van der Waals surface area contributed by atoms with Crippen molar-refractivity contribution in [3.8, 4) is 11.5 Å². The highest BCUT2D eigenvalue weighted by Crippen LogP contribution is 2.36. The second-order valence-electron chi connectivity index (χ2n) is 6.24. The van der Waals surface area contributed by atoms with E-state index in [1.54, 1.807) is 24.2 Å². The fraction of sp³-hybridized carbons (Fsp3) is 0.143. The molecule has 30 heavy (non-hydrogen) atoms. The summed E-state index contributed by atoms with van der Waals surface area (Å²) < 4.78 is 10.4. The Labute approximate surface area is 182 Å². The molecule has 0 unspecified atom stereocenters. The van der Waals surface area contributed by atoms with Gasteiger partial charge in [-0.25, -0.2) is 9.97 Å². The Bertz CT molecular complexity index is 1120. The minimum absolute atomic E-state index is 0.00841. The van der Waals surface area contributed by atoms with Crippen molar-refractivity contribution in [2.24, 2.45) is 0 Å². The lowest BCUT2D eigenvalue weighted by Crippen LogP contribution is -1.99. The average molecular weight is 438 g/mol. The summed E-state index contributed by atoms with van der Waals surface area (Å²) in [7, 11) is 0. The molecule has 0 radical (unpaired) electrons. The van der Waals surface area contributed by atoms with Gasteiger partial charge in [0.1, 0.15) is 11.6 Å². The number of anilines is 2. The molecule has 0 aliphatic heterocycles. The van der Waals surface area contributed by atoms with Gasteiger partial charge in [-0.3, -0.25) is 4.98 Å². The third-order valence-electron chi connectivity index (χ3n) is 4.01. The van der Waals surface area contributed by atoms with Crippen molar-refractivity contribution in [3.05, 3.63) is 72.4 Å². The molecule has 0 bridgehead atoms. The summed E-state index contributed by atoms with van der Waals surface area (Å²) in [5.41, 5.74) is 0.783. The lowest BCUT2D eigenvalue weighted by atomic mass is 10.3. The molecule has 0 fully saturated rings. The van der Waals surface area contributed by atoms with E-state index < -0.39 is 0 Å². The van der Waals surface area contributed by atoms with Crippen LogP contribution in [0.2, 0.25) is 0 Å². The molecule has 3 heterocycles. The zero-order chi connectivity index (χ0) is 20.8. The summed E-state index contributed by atoms with van der Waals surface area (Å²) in [6.45, 7) is 1.90. The van der Waals surface area contributed by atoms with E-state index in [1.807, 2.05) is 55.5 Å². The Balaban J connectivity index is 1.64. The largest absolute Gasteiger partial charge is 0.452 e. The lowest BCUT2D eigenvalue weighted by Gasteiger charge is -2.13. The van der Waals surface area contributed by atoms with E-state index in [-0.39, 0.29) is 6.61 Å². The predicted molar refractivity (Wildman–Crippen MR) is 118 cm³/mol. The van der Waals surface area contributed by atoms with Crippen LogP contribution in [0, 0.1) is 6.92 Å². The quantitative estimate of drug-likeness (QED) is 0.404. The minimum Gasteiger partial charge on any atom is -0.452 e. The Morgan fingerprint density at radius 2 is 1.93 bits per heavy atom. The van der Waals surface area contributed by atoms with E-state index in [2.05, 4.69) is 24.6 Å². The highest BCUT2D eigenvalue weighted by atomic mass is 32.2. The zero-order valence-corrected chi connectivity index (χ0v) is 17.8. The molecule has 0 saturated heterocycles. The van der Waals surface area contributed by atoms with Crippen LogP contribution in [-0.2, 0) is 6.42 Å². The first-order valence-electron chi connectivity index (χ1n) is 9.24. The summed E-state index contributed by atoms with van der Waals surface area (Å²) in [5, 5.41) is 12.8. The van der Waals surface area contributed by atoms with Gasteiger partial charge in [0, 0.05) is 46.2 Å². The number of nitrogens with zero attached hydrogens (tertiary/aromatic N) is 4. The summed E-state index contributed by atoms with van der Waals surface area (Å²) in [6, 6.07) is 15.7. The third kappa shape index (κ3) is 5.12. The van der Waals surface area contributed by atoms with Crippen LogP contribution in [-0.4, -0.2) is 31.0 Å². The lowest BCUT2D eigenvalue weighted by molar-refractivity contribution is 0.297. The SMILES string of the molecule is Cc1ncccc1Oc1cc(Sc2ccccc2)cnc1Nc1nc(CCO)ns1. The molecular weight excluding hydrogens is 418 g/mol. The number of aliphatic hydroxyl groups excluding tert-OH is 1. The fourth-order valence-corrected chi connectivity index (χ4v) is 4.03. The summed E-state index contributed by atoms with van der Waals surface area (Å²) in [5.74, 6) is 2.34. The van der Waals surface area contributed by atoms with Gasteiger partial charge < -0.3 is 15.2 Å². The first-order chi connectivity index (χ1) is 14.7. The molecule has 0 atom stereocenters. The van der Waals surface area contributed by atoms with Gasteiger partial charge in [-0.1, -0.05) is 30.0 Å². The number of hydrogen-bond donors (Lipinski definition) is 2. The van der Waals surface area contributed by atoms with Gasteiger partial charge in [0.05, 0.1) is 12.3 Å². The molecule has 4 rings (SSSR count). The number of pyridine rings is 2. The van der Waals surface area contributed by atoms with Crippen LogP contribution in [0.5, 0.6) is 11.5 Å². The Morgan fingerprint density at radius 3 is 2.73 bits per heavy atom. The van der Waals surface area contributed by atoms with Gasteiger partial charge in [0.25, 0.3) is 0 Å². The minimum atomic E-state index is 0.00841. The van der Waals surface area contributed by atoms with Crippen molar-refractivity contribution >= 4 is 34.2 Å². The second kappa shape index (κ2) is 9.66. The summed E-state index contributed by atoms with van der Waals surface area (Å²) in [4.78, 5) is 15.3. The van der Waals surface area contributed by atoms with E-state index in [0.717, 1.165) is 15.5 Å². The number of aryl methyl sites for hydroxylation is 1. The molecule has 0 spiro atoms. The van der Waals surface area contributed by atoms with E-state index in [9.17, 15) is 0 Å². The van der Waals surface area contributed by atoms with E-state index in [4.69, 9.17) is 9.84 Å². The number of aromatic nitrogens is 4. The fourth-order valence-electron chi connectivity index (χ4n) is 2.58. The van der Waals surface area contributed by atoms with Crippen molar-refractivity contribution < 1.29 is 9.84 Å². The molecule has 0 amide bonds. The predicted octanol–water partition coefficient (Wildman–Crippen LogP) is 4.86. The van der Waals surface area contributed by atoms with Crippen LogP contribution >= 0.6 is 23.3 Å². The monoisotopic (exact) mass is 437 g/mol. The van der Waals surface area contributed by atoms with E-state index in [0.29, 0.717) is 34.7 Å². The molecule has 0 aliphatic carbocycles. The smallest absolute Gasteiger partial charge is 0.208 e. The number of nitrogens with one attached hydrogen (secondary N) is 1. The van der Waals surface area contributed by atoms with Crippen LogP contribution in [0.4, 0.5) is 10.9 Å². The van der Waals surface area contributed by atoms with Gasteiger partial charge in [-0.15, -0.1) is 0 Å². The summed E-state index contributed by atoms with van der Waals surface area (Å²) >= 11 is 2.82. The molecule has 0 saturated carbocycles. The molecule has 2 N–H and O–H groups in total. The Kier molecular flexibility index (Phi) is 6.53. The molecule has 0 aliphatic rings. The van der Waals surface area contributed by atoms with Crippen molar-refractivity contribution in [3.63, 3.8) is 0 Å². The van der Waals surface area contributed by atoms with Crippen molar-refractivity contribution in [1.29, 1.82) is 0 Å². The number of benzene rings is 1. The molecule has 152 valence electrons. The maximum atomic E-state index is 9.07. The van der Waals surface area contributed by atoms with Crippen molar-refractivity contribution in [2.45, 2.75) is 23.1 Å². The summed E-state index contributed by atoms with van der Waals surface area (Å²) in [6.07, 6.45) is 3.93. The molecule has 1 aromatic carbocycles. The number of aliphatic hydroxyl groups is 1. The van der Waals surface area contributed by atoms with Crippen LogP contribution in [0.3, 0.4) is 0 Å². The molecule has 9 heteroatoms. The second-order valence-corrected chi connectivity index (χ2v) is 8.14. The van der Waals surface area contributed by atoms with Crippen LogP contribution in [0.15, 0.2) is 70.7 Å². The van der Waals surface area contributed by atoms with Gasteiger partial charge >= 0.3 is 0 Å². The van der Waals surface area contributed by atoms with Gasteiger partial charge in [0.2, 0.25) is 5.13 Å². The van der Waals surface area contributed by atoms with Gasteiger partial charge in [0.15, 0.2) is 11.6 Å². The first-order valence-corrected chi connectivity index (χ1v) is 10.8. The molecular formula is C21H19N5O2S2. The maximum Gasteiger partial charge on any atom is 0.208 e. The normalized spacial score (nSPS) is 10.7. The maximum absolute atomic E-state index is 9.07. The van der Waals surface area contributed by atoms with Gasteiger partial charge in [-0.2, -0.15) is 4.37 Å². The highest BCUT2D eigenvalue weighted by molar-refractivity contribution is 7.99. The average Bonchev–Trinajstić information content (AvgIpc) is 3.20. The Morgan fingerprint density at radius 1 is 1.07 bits per heavy atom. The first kappa shape index (κ1) is 20.3. The number of ether oxygens (including phenoxy) is 1. The van der Waals surface area contributed by atoms with Crippen molar-refractivity contribution in [1.82, 2.24) is 19.3 Å². The highest BCUT2D eigenvalue weighted by Gasteiger charge is 2.14.